The summed E-state index contributed by atoms with van der Waals surface area (Å²) in [5.41, 5.74) is 5.18. The smallest absolute Gasteiger partial charge is 0.313 e. The van der Waals surface area contributed by atoms with Crippen molar-refractivity contribution in [2.24, 2.45) is 11.1 Å². The Morgan fingerprint density at radius 1 is 1.69 bits per heavy atom. The van der Waals surface area contributed by atoms with Crippen LogP contribution >= 0.6 is 0 Å². The second-order valence-electron chi connectivity index (χ2n) is 3.62. The van der Waals surface area contributed by atoms with Crippen LogP contribution in [0.1, 0.15) is 27.2 Å². The summed E-state index contributed by atoms with van der Waals surface area (Å²) in [4.78, 5) is 11.5. The van der Waals surface area contributed by atoms with Gasteiger partial charge in [0, 0.05) is 6.04 Å². The Morgan fingerprint density at radius 3 is 2.62 bits per heavy atom. The van der Waals surface area contributed by atoms with Gasteiger partial charge in [0.15, 0.2) is 0 Å². The number of hydrogen-bond donors (Lipinski definition) is 1. The number of ether oxygens (including phenoxy) is 1. The molecule has 76 valence electrons. The van der Waals surface area contributed by atoms with Crippen molar-refractivity contribution in [2.45, 2.75) is 33.2 Å². The molecule has 13 heavy (non-hydrogen) atoms. The van der Waals surface area contributed by atoms with Gasteiger partial charge >= 0.3 is 5.97 Å². The van der Waals surface area contributed by atoms with E-state index in [0.717, 1.165) is 6.42 Å². The van der Waals surface area contributed by atoms with Crippen LogP contribution in [-0.2, 0) is 9.53 Å². The summed E-state index contributed by atoms with van der Waals surface area (Å²) < 4.78 is 4.94. The lowest BCUT2D eigenvalue weighted by molar-refractivity contribution is -0.153. The molecule has 0 aromatic carbocycles. The van der Waals surface area contributed by atoms with Gasteiger partial charge in [-0.15, -0.1) is 0 Å². The Balaban J connectivity index is 4.26. The molecule has 0 heterocycles. The standard InChI is InChI=1S/C10H19NO2/c1-5-7-13-9(12)10(3,4)8(11)6-2/h5,8H,1,6-7,11H2,2-4H3. The topological polar surface area (TPSA) is 52.3 Å². The molecule has 0 rings (SSSR count). The summed E-state index contributed by atoms with van der Waals surface area (Å²) >= 11 is 0. The van der Waals surface area contributed by atoms with Gasteiger partial charge in [0.25, 0.3) is 0 Å². The molecule has 0 saturated heterocycles. The van der Waals surface area contributed by atoms with Crippen molar-refractivity contribution >= 4 is 5.97 Å². The van der Waals surface area contributed by atoms with E-state index in [4.69, 9.17) is 10.5 Å². The average molecular weight is 185 g/mol. The van der Waals surface area contributed by atoms with E-state index in [1.807, 2.05) is 6.92 Å². The van der Waals surface area contributed by atoms with Crippen LogP contribution in [-0.4, -0.2) is 18.6 Å². The Morgan fingerprint density at radius 2 is 2.23 bits per heavy atom. The highest BCUT2D eigenvalue weighted by molar-refractivity contribution is 5.76. The number of esters is 1. The van der Waals surface area contributed by atoms with E-state index in [2.05, 4.69) is 6.58 Å². The number of rotatable bonds is 5. The quantitative estimate of drug-likeness (QED) is 0.521. The Hall–Kier alpha value is -0.830. The minimum Gasteiger partial charge on any atom is -0.461 e. The monoisotopic (exact) mass is 185 g/mol. The fourth-order valence-electron chi connectivity index (χ4n) is 0.982. The zero-order chi connectivity index (χ0) is 10.5. The second kappa shape index (κ2) is 5.02. The fraction of sp³-hybridized carbons (Fsp3) is 0.700. The number of carbonyl (C=O) groups is 1. The molecule has 0 saturated carbocycles. The molecule has 0 radical (unpaired) electrons. The molecule has 1 unspecified atom stereocenters. The molecule has 0 aromatic heterocycles. The number of hydrogen-bond acceptors (Lipinski definition) is 3. The van der Waals surface area contributed by atoms with Gasteiger partial charge in [-0.3, -0.25) is 4.79 Å². The molecule has 0 amide bonds. The summed E-state index contributed by atoms with van der Waals surface area (Å²) in [6.07, 6.45) is 2.31. The molecule has 0 spiro atoms. The highest BCUT2D eigenvalue weighted by Gasteiger charge is 2.34. The van der Waals surface area contributed by atoms with Gasteiger partial charge in [0.2, 0.25) is 0 Å². The maximum Gasteiger partial charge on any atom is 0.313 e. The Kier molecular flexibility index (Phi) is 4.70. The molecule has 0 aliphatic heterocycles. The first-order valence-corrected chi connectivity index (χ1v) is 4.50. The molecule has 3 heteroatoms. The van der Waals surface area contributed by atoms with E-state index in [0.29, 0.717) is 0 Å². The molecule has 3 nitrogen and oxygen atoms in total. The maximum absolute atomic E-state index is 11.5. The number of carbonyl (C=O) groups excluding carboxylic acids is 1. The average Bonchev–Trinajstić information content (AvgIpc) is 2.12. The van der Waals surface area contributed by atoms with Gasteiger partial charge < -0.3 is 10.5 Å². The molecule has 0 aliphatic rings. The zero-order valence-electron chi connectivity index (χ0n) is 8.67. The summed E-state index contributed by atoms with van der Waals surface area (Å²) in [5.74, 6) is -0.262. The van der Waals surface area contributed by atoms with Crippen molar-refractivity contribution in [3.8, 4) is 0 Å². The molecule has 0 aromatic rings. The first-order chi connectivity index (χ1) is 5.96. The van der Waals surface area contributed by atoms with Gasteiger partial charge in [-0.05, 0) is 20.3 Å². The predicted molar refractivity (Wildman–Crippen MR) is 53.2 cm³/mol. The summed E-state index contributed by atoms with van der Waals surface area (Å²) in [6.45, 7) is 9.27. The highest BCUT2D eigenvalue weighted by Crippen LogP contribution is 2.22. The SMILES string of the molecule is C=CCOC(=O)C(C)(C)C(N)CC. The van der Waals surface area contributed by atoms with E-state index in [-0.39, 0.29) is 18.6 Å². The lowest BCUT2D eigenvalue weighted by Crippen LogP contribution is -2.43. The minimum absolute atomic E-state index is 0.162. The van der Waals surface area contributed by atoms with Crippen molar-refractivity contribution in [2.75, 3.05) is 6.61 Å². The van der Waals surface area contributed by atoms with Crippen molar-refractivity contribution < 1.29 is 9.53 Å². The van der Waals surface area contributed by atoms with Crippen molar-refractivity contribution in [3.05, 3.63) is 12.7 Å². The third-order valence-corrected chi connectivity index (χ3v) is 2.23. The molecule has 0 bridgehead atoms. The summed E-state index contributed by atoms with van der Waals surface area (Å²) in [7, 11) is 0. The molecular weight excluding hydrogens is 166 g/mol. The second-order valence-corrected chi connectivity index (χ2v) is 3.62. The molecule has 0 fully saturated rings. The van der Waals surface area contributed by atoms with E-state index in [1.54, 1.807) is 19.9 Å². The third kappa shape index (κ3) is 3.19. The first-order valence-electron chi connectivity index (χ1n) is 4.50. The third-order valence-electron chi connectivity index (χ3n) is 2.23. The van der Waals surface area contributed by atoms with Crippen LogP contribution in [0.4, 0.5) is 0 Å². The van der Waals surface area contributed by atoms with Crippen LogP contribution in [0.2, 0.25) is 0 Å². The molecule has 1 atom stereocenters. The summed E-state index contributed by atoms with van der Waals surface area (Å²) in [5, 5.41) is 0. The normalized spacial score (nSPS) is 13.5. The first kappa shape index (κ1) is 12.2. The van der Waals surface area contributed by atoms with Crippen LogP contribution in [0.15, 0.2) is 12.7 Å². The van der Waals surface area contributed by atoms with E-state index >= 15 is 0 Å². The Labute approximate surface area is 79.9 Å². The van der Waals surface area contributed by atoms with Crippen molar-refractivity contribution in [3.63, 3.8) is 0 Å². The van der Waals surface area contributed by atoms with Crippen LogP contribution in [0.3, 0.4) is 0 Å². The molecule has 0 aliphatic carbocycles. The van der Waals surface area contributed by atoms with Gasteiger partial charge in [0.05, 0.1) is 5.41 Å². The largest absolute Gasteiger partial charge is 0.461 e. The molecule has 2 N–H and O–H groups in total. The van der Waals surface area contributed by atoms with Gasteiger partial charge in [-0.2, -0.15) is 0 Å². The van der Waals surface area contributed by atoms with Gasteiger partial charge in [-0.1, -0.05) is 19.6 Å². The Bertz CT molecular complexity index is 187. The van der Waals surface area contributed by atoms with Gasteiger partial charge in [-0.25, -0.2) is 0 Å². The lowest BCUT2D eigenvalue weighted by atomic mass is 9.83. The van der Waals surface area contributed by atoms with Crippen LogP contribution in [0.25, 0.3) is 0 Å². The van der Waals surface area contributed by atoms with Crippen LogP contribution < -0.4 is 5.73 Å². The highest BCUT2D eigenvalue weighted by atomic mass is 16.5. The minimum atomic E-state index is -0.613. The fourth-order valence-corrected chi connectivity index (χ4v) is 0.982. The van der Waals surface area contributed by atoms with E-state index in [1.165, 1.54) is 0 Å². The summed E-state index contributed by atoms with van der Waals surface area (Å²) in [6, 6.07) is -0.162. The number of nitrogens with two attached hydrogens (primary N) is 1. The predicted octanol–water partition coefficient (Wildman–Crippen LogP) is 1.48. The van der Waals surface area contributed by atoms with E-state index in [9.17, 15) is 4.79 Å². The molecular formula is C10H19NO2. The maximum atomic E-state index is 11.5. The van der Waals surface area contributed by atoms with Gasteiger partial charge in [0.1, 0.15) is 6.61 Å². The van der Waals surface area contributed by atoms with Crippen LogP contribution in [0, 0.1) is 5.41 Å². The van der Waals surface area contributed by atoms with E-state index < -0.39 is 5.41 Å². The lowest BCUT2D eigenvalue weighted by Gasteiger charge is -2.28. The zero-order valence-corrected chi connectivity index (χ0v) is 8.67. The van der Waals surface area contributed by atoms with Crippen molar-refractivity contribution in [1.29, 1.82) is 0 Å². The van der Waals surface area contributed by atoms with Crippen molar-refractivity contribution in [1.82, 2.24) is 0 Å². The van der Waals surface area contributed by atoms with Crippen LogP contribution in [0.5, 0.6) is 0 Å².